The van der Waals surface area contributed by atoms with Gasteiger partial charge in [-0.05, 0) is 43.5 Å². The van der Waals surface area contributed by atoms with Gasteiger partial charge in [0.2, 0.25) is 0 Å². The van der Waals surface area contributed by atoms with Gasteiger partial charge < -0.3 is 15.0 Å². The minimum Gasteiger partial charge on any atom is -0.465 e. The SMILES string of the molecule is COC(=O)c1ccc(NC(=O)c2cnc(N3CCCCC3)cn2)cc1. The van der Waals surface area contributed by atoms with Gasteiger partial charge in [-0.1, -0.05) is 0 Å². The number of rotatable bonds is 4. The fourth-order valence-corrected chi connectivity index (χ4v) is 2.73. The van der Waals surface area contributed by atoms with Crippen molar-refractivity contribution in [3.63, 3.8) is 0 Å². The number of nitrogens with one attached hydrogen (secondary N) is 1. The van der Waals surface area contributed by atoms with Gasteiger partial charge in [0.05, 0.1) is 25.1 Å². The van der Waals surface area contributed by atoms with Gasteiger partial charge in [0.25, 0.3) is 5.91 Å². The second kappa shape index (κ2) is 7.74. The molecule has 0 saturated carbocycles. The molecule has 1 saturated heterocycles. The number of hydrogen-bond acceptors (Lipinski definition) is 6. The lowest BCUT2D eigenvalue weighted by Gasteiger charge is -2.27. The molecule has 0 aliphatic carbocycles. The van der Waals surface area contributed by atoms with Crippen LogP contribution in [0.25, 0.3) is 0 Å². The smallest absolute Gasteiger partial charge is 0.337 e. The molecule has 2 heterocycles. The summed E-state index contributed by atoms with van der Waals surface area (Å²) in [5.41, 5.74) is 1.24. The Labute approximate surface area is 146 Å². The van der Waals surface area contributed by atoms with Crippen LogP contribution >= 0.6 is 0 Å². The molecule has 0 unspecified atom stereocenters. The van der Waals surface area contributed by atoms with Gasteiger partial charge >= 0.3 is 5.97 Å². The first kappa shape index (κ1) is 16.9. The summed E-state index contributed by atoms with van der Waals surface area (Å²) in [7, 11) is 1.32. The van der Waals surface area contributed by atoms with E-state index in [9.17, 15) is 9.59 Å². The Morgan fingerprint density at radius 3 is 2.36 bits per heavy atom. The number of anilines is 2. The highest BCUT2D eigenvalue weighted by atomic mass is 16.5. The first-order valence-corrected chi connectivity index (χ1v) is 8.24. The van der Waals surface area contributed by atoms with Crippen molar-refractivity contribution in [1.82, 2.24) is 9.97 Å². The topological polar surface area (TPSA) is 84.4 Å². The maximum Gasteiger partial charge on any atom is 0.337 e. The van der Waals surface area contributed by atoms with E-state index >= 15 is 0 Å². The number of carbonyl (C=O) groups excluding carboxylic acids is 2. The standard InChI is InChI=1S/C18H20N4O3/c1-25-18(24)13-5-7-14(8-6-13)21-17(23)15-11-20-16(12-19-15)22-9-3-2-4-10-22/h5-8,11-12H,2-4,9-10H2,1H3,(H,21,23). The number of nitrogens with zero attached hydrogens (tertiary/aromatic N) is 3. The summed E-state index contributed by atoms with van der Waals surface area (Å²) in [5.74, 6) is 0.0410. The van der Waals surface area contributed by atoms with E-state index in [0.717, 1.165) is 31.7 Å². The Morgan fingerprint density at radius 1 is 1.04 bits per heavy atom. The van der Waals surface area contributed by atoms with E-state index in [2.05, 4.69) is 24.9 Å². The van der Waals surface area contributed by atoms with Crippen molar-refractivity contribution in [3.05, 3.63) is 47.9 Å². The minimum atomic E-state index is -0.419. The third kappa shape index (κ3) is 4.12. The fourth-order valence-electron chi connectivity index (χ4n) is 2.73. The highest BCUT2D eigenvalue weighted by molar-refractivity contribution is 6.03. The number of piperidine rings is 1. The lowest BCUT2D eigenvalue weighted by atomic mass is 10.1. The molecule has 7 heteroatoms. The maximum atomic E-state index is 12.3. The lowest BCUT2D eigenvalue weighted by molar-refractivity contribution is 0.0600. The van der Waals surface area contributed by atoms with Crippen molar-refractivity contribution in [2.45, 2.75) is 19.3 Å². The maximum absolute atomic E-state index is 12.3. The van der Waals surface area contributed by atoms with Crippen LogP contribution in [0.4, 0.5) is 11.5 Å². The number of benzene rings is 1. The van der Waals surface area contributed by atoms with Crippen molar-refractivity contribution in [3.8, 4) is 0 Å². The van der Waals surface area contributed by atoms with Crippen LogP contribution in [0, 0.1) is 0 Å². The predicted molar refractivity (Wildman–Crippen MR) is 93.8 cm³/mol. The summed E-state index contributed by atoms with van der Waals surface area (Å²) in [6, 6.07) is 6.46. The third-order valence-electron chi connectivity index (χ3n) is 4.11. The number of carbonyl (C=O) groups is 2. The molecule has 1 fully saturated rings. The van der Waals surface area contributed by atoms with Crippen LogP contribution in [-0.4, -0.2) is 42.0 Å². The van der Waals surface area contributed by atoms with Gasteiger partial charge in [-0.2, -0.15) is 0 Å². The largest absolute Gasteiger partial charge is 0.465 e. The van der Waals surface area contributed by atoms with Gasteiger partial charge in [-0.3, -0.25) is 4.79 Å². The highest BCUT2D eigenvalue weighted by Crippen LogP contribution is 2.17. The number of ether oxygens (including phenoxy) is 1. The normalized spacial score (nSPS) is 14.0. The van der Waals surface area contributed by atoms with Gasteiger partial charge in [-0.15, -0.1) is 0 Å². The van der Waals surface area contributed by atoms with Gasteiger partial charge in [-0.25, -0.2) is 14.8 Å². The predicted octanol–water partition coefficient (Wildman–Crippen LogP) is 2.51. The molecular formula is C18H20N4O3. The van der Waals surface area contributed by atoms with Crippen LogP contribution in [-0.2, 0) is 4.74 Å². The lowest BCUT2D eigenvalue weighted by Crippen LogP contribution is -2.30. The molecule has 0 spiro atoms. The zero-order valence-corrected chi connectivity index (χ0v) is 14.1. The van der Waals surface area contributed by atoms with Crippen LogP contribution in [0.15, 0.2) is 36.7 Å². The number of esters is 1. The molecule has 1 aromatic heterocycles. The van der Waals surface area contributed by atoms with Crippen molar-refractivity contribution in [1.29, 1.82) is 0 Å². The van der Waals surface area contributed by atoms with Crippen LogP contribution in [0.5, 0.6) is 0 Å². The van der Waals surface area contributed by atoms with Crippen LogP contribution in [0.3, 0.4) is 0 Å². The Balaban J connectivity index is 1.63. The number of methoxy groups -OCH3 is 1. The summed E-state index contributed by atoms with van der Waals surface area (Å²) in [4.78, 5) is 34.4. The van der Waals surface area contributed by atoms with Crippen molar-refractivity contribution >= 4 is 23.4 Å². The zero-order chi connectivity index (χ0) is 17.6. The van der Waals surface area contributed by atoms with E-state index in [1.165, 1.54) is 19.7 Å². The fraction of sp³-hybridized carbons (Fsp3) is 0.333. The van der Waals surface area contributed by atoms with E-state index in [-0.39, 0.29) is 11.6 Å². The Hall–Kier alpha value is -2.96. The highest BCUT2D eigenvalue weighted by Gasteiger charge is 2.14. The second-order valence-electron chi connectivity index (χ2n) is 5.83. The molecule has 0 bridgehead atoms. The second-order valence-corrected chi connectivity index (χ2v) is 5.83. The molecular weight excluding hydrogens is 320 g/mol. The van der Waals surface area contributed by atoms with Crippen LogP contribution in [0.2, 0.25) is 0 Å². The average molecular weight is 340 g/mol. The third-order valence-corrected chi connectivity index (χ3v) is 4.11. The molecule has 3 rings (SSSR count). The van der Waals surface area contributed by atoms with Crippen molar-refractivity contribution in [2.75, 3.05) is 30.4 Å². The quantitative estimate of drug-likeness (QED) is 0.861. The molecule has 2 aromatic rings. The van der Waals surface area contributed by atoms with Crippen LogP contribution in [0.1, 0.15) is 40.1 Å². The van der Waals surface area contributed by atoms with Gasteiger partial charge in [0.1, 0.15) is 11.5 Å². The summed E-state index contributed by atoms with van der Waals surface area (Å²) in [6.45, 7) is 1.96. The molecule has 1 aliphatic rings. The molecule has 1 aromatic carbocycles. The summed E-state index contributed by atoms with van der Waals surface area (Å²) >= 11 is 0. The summed E-state index contributed by atoms with van der Waals surface area (Å²) < 4.78 is 4.64. The Bertz CT molecular complexity index is 738. The Morgan fingerprint density at radius 2 is 1.76 bits per heavy atom. The van der Waals surface area contributed by atoms with E-state index in [0.29, 0.717) is 11.3 Å². The zero-order valence-electron chi connectivity index (χ0n) is 14.1. The number of hydrogen-bond donors (Lipinski definition) is 1. The molecule has 130 valence electrons. The molecule has 0 atom stereocenters. The first-order valence-electron chi connectivity index (χ1n) is 8.24. The van der Waals surface area contributed by atoms with Gasteiger partial charge in [0, 0.05) is 18.8 Å². The Kier molecular flexibility index (Phi) is 5.23. The number of aromatic nitrogens is 2. The van der Waals surface area contributed by atoms with Crippen molar-refractivity contribution in [2.24, 2.45) is 0 Å². The molecule has 7 nitrogen and oxygen atoms in total. The number of amides is 1. The molecule has 0 radical (unpaired) electrons. The monoisotopic (exact) mass is 340 g/mol. The van der Waals surface area contributed by atoms with Crippen molar-refractivity contribution < 1.29 is 14.3 Å². The van der Waals surface area contributed by atoms with E-state index < -0.39 is 5.97 Å². The van der Waals surface area contributed by atoms with E-state index in [1.54, 1.807) is 30.5 Å². The van der Waals surface area contributed by atoms with Crippen LogP contribution < -0.4 is 10.2 Å². The van der Waals surface area contributed by atoms with E-state index in [1.807, 2.05) is 0 Å². The minimum absolute atomic E-state index is 0.248. The summed E-state index contributed by atoms with van der Waals surface area (Å²) in [6.07, 6.45) is 6.69. The summed E-state index contributed by atoms with van der Waals surface area (Å²) in [5, 5.41) is 2.73. The molecule has 1 N–H and O–H groups in total. The van der Waals surface area contributed by atoms with E-state index in [4.69, 9.17) is 0 Å². The molecule has 25 heavy (non-hydrogen) atoms. The molecule has 1 aliphatic heterocycles. The first-order chi connectivity index (χ1) is 12.2. The van der Waals surface area contributed by atoms with Gasteiger partial charge in [0.15, 0.2) is 0 Å². The molecule has 1 amide bonds. The average Bonchev–Trinajstić information content (AvgIpc) is 2.68.